The molecule has 3 aliphatic rings. The van der Waals surface area contributed by atoms with E-state index in [1.54, 1.807) is 0 Å². The summed E-state index contributed by atoms with van der Waals surface area (Å²) in [5, 5.41) is 9.35. The van der Waals surface area contributed by atoms with Gasteiger partial charge in [-0.05, 0) is 85.5 Å². The summed E-state index contributed by atoms with van der Waals surface area (Å²) in [6.45, 7) is 8.28. The minimum absolute atomic E-state index is 0.00439. The van der Waals surface area contributed by atoms with Crippen LogP contribution in [0.3, 0.4) is 0 Å². The zero-order chi connectivity index (χ0) is 23.5. The maximum Gasteiger partial charge on any atom is 0.309 e. The van der Waals surface area contributed by atoms with Gasteiger partial charge in [0.15, 0.2) is 6.29 Å². The molecule has 0 amide bonds. The highest BCUT2D eigenvalue weighted by atomic mass is 16.7. The van der Waals surface area contributed by atoms with Crippen LogP contribution in [0.25, 0.3) is 0 Å². The molecular formula is C25H44O7. The topological polar surface area (TPSA) is 91.3 Å². The van der Waals surface area contributed by atoms with E-state index in [1.807, 2.05) is 27.7 Å². The molecule has 32 heavy (non-hydrogen) atoms. The first-order valence-corrected chi connectivity index (χ1v) is 12.6. The Labute approximate surface area is 193 Å². The van der Waals surface area contributed by atoms with Crippen LogP contribution in [-0.2, 0) is 28.5 Å². The van der Waals surface area contributed by atoms with Crippen molar-refractivity contribution >= 4 is 11.9 Å². The van der Waals surface area contributed by atoms with E-state index in [1.165, 1.54) is 6.42 Å². The smallest absolute Gasteiger partial charge is 0.309 e. The maximum atomic E-state index is 11.9. The fourth-order valence-corrected chi connectivity index (χ4v) is 4.55. The van der Waals surface area contributed by atoms with Crippen molar-refractivity contribution < 1.29 is 33.6 Å². The molecule has 1 aliphatic heterocycles. The van der Waals surface area contributed by atoms with Crippen molar-refractivity contribution in [2.45, 2.75) is 129 Å². The molecule has 0 spiro atoms. The monoisotopic (exact) mass is 456 g/mol. The van der Waals surface area contributed by atoms with Gasteiger partial charge in [0.1, 0.15) is 0 Å². The van der Waals surface area contributed by atoms with Gasteiger partial charge in [0.2, 0.25) is 0 Å². The lowest BCUT2D eigenvalue weighted by atomic mass is 9.87. The van der Waals surface area contributed by atoms with Crippen molar-refractivity contribution in [2.24, 2.45) is 11.8 Å². The van der Waals surface area contributed by atoms with Crippen LogP contribution in [0.4, 0.5) is 0 Å². The summed E-state index contributed by atoms with van der Waals surface area (Å²) < 4.78 is 22.0. The molecule has 0 aromatic carbocycles. The van der Waals surface area contributed by atoms with Gasteiger partial charge in [-0.2, -0.15) is 0 Å². The maximum absolute atomic E-state index is 11.9. The highest BCUT2D eigenvalue weighted by Gasteiger charge is 2.31. The number of carbonyl (C=O) groups is 2. The number of hydrogen-bond donors (Lipinski definition) is 1. The number of carbonyl (C=O) groups excluding carboxylic acids is 2. The standard InChI is InChI=1S/C15H26O4.C10H18O3/c1-11(2)18-15(16)12-6-5-7-13(10-12)19-14-8-3-4-9-17-14;1-7(2)13-10(12)8-4-3-5-9(11)6-8/h11-14H,3-10H2,1-2H3;7-9,11H,3-6H2,1-2H3/t12-,13+,14?;8-,9+/m11/s1. The molecule has 2 aliphatic carbocycles. The number of ether oxygens (including phenoxy) is 4. The Morgan fingerprint density at radius 1 is 0.781 bits per heavy atom. The first-order valence-electron chi connectivity index (χ1n) is 12.6. The third-order valence-electron chi connectivity index (χ3n) is 6.13. The second kappa shape index (κ2) is 14.2. The van der Waals surface area contributed by atoms with E-state index in [4.69, 9.17) is 18.9 Å². The largest absolute Gasteiger partial charge is 0.463 e. The van der Waals surface area contributed by atoms with Crippen LogP contribution in [0.1, 0.15) is 98.3 Å². The van der Waals surface area contributed by atoms with Crippen molar-refractivity contribution in [1.29, 1.82) is 0 Å². The average Bonchev–Trinajstić information content (AvgIpc) is 2.74. The Kier molecular flexibility index (Phi) is 12.0. The van der Waals surface area contributed by atoms with Gasteiger partial charge in [0.05, 0.1) is 36.3 Å². The Morgan fingerprint density at radius 3 is 1.91 bits per heavy atom. The van der Waals surface area contributed by atoms with E-state index in [0.29, 0.717) is 6.42 Å². The molecule has 0 aromatic rings. The molecular weight excluding hydrogens is 412 g/mol. The van der Waals surface area contributed by atoms with Gasteiger partial charge < -0.3 is 24.1 Å². The highest BCUT2D eigenvalue weighted by Crippen LogP contribution is 2.30. The van der Waals surface area contributed by atoms with Crippen LogP contribution in [0, 0.1) is 11.8 Å². The molecule has 7 nitrogen and oxygen atoms in total. The number of esters is 2. The summed E-state index contributed by atoms with van der Waals surface area (Å²) in [5.74, 6) is -0.280. The molecule has 0 radical (unpaired) electrons. The fraction of sp³-hybridized carbons (Fsp3) is 0.920. The molecule has 1 N–H and O–H groups in total. The summed E-state index contributed by atoms with van der Waals surface area (Å²) in [5.41, 5.74) is 0. The van der Waals surface area contributed by atoms with Gasteiger partial charge in [-0.15, -0.1) is 0 Å². The van der Waals surface area contributed by atoms with Crippen molar-refractivity contribution in [1.82, 2.24) is 0 Å². The molecule has 3 rings (SSSR count). The third kappa shape index (κ3) is 10.2. The second-order valence-electron chi connectivity index (χ2n) is 9.91. The van der Waals surface area contributed by atoms with E-state index in [-0.39, 0.29) is 54.5 Å². The fourth-order valence-electron chi connectivity index (χ4n) is 4.55. The lowest BCUT2D eigenvalue weighted by Crippen LogP contribution is -2.34. The Hall–Kier alpha value is -1.18. The van der Waals surface area contributed by atoms with Crippen LogP contribution in [0.2, 0.25) is 0 Å². The Balaban J connectivity index is 0.000000244. The predicted molar refractivity (Wildman–Crippen MR) is 121 cm³/mol. The summed E-state index contributed by atoms with van der Waals surface area (Å²) in [6.07, 6.45) is 9.98. The number of aliphatic hydroxyl groups excluding tert-OH is 1. The van der Waals surface area contributed by atoms with Crippen LogP contribution >= 0.6 is 0 Å². The molecule has 0 bridgehead atoms. The van der Waals surface area contributed by atoms with Crippen molar-refractivity contribution in [3.63, 3.8) is 0 Å². The van der Waals surface area contributed by atoms with Gasteiger partial charge in [0, 0.05) is 6.61 Å². The average molecular weight is 457 g/mol. The quantitative estimate of drug-likeness (QED) is 0.587. The summed E-state index contributed by atoms with van der Waals surface area (Å²) in [6, 6.07) is 0. The zero-order valence-electron chi connectivity index (χ0n) is 20.4. The minimum atomic E-state index is -0.307. The first-order chi connectivity index (χ1) is 15.2. The van der Waals surface area contributed by atoms with E-state index in [9.17, 15) is 14.7 Å². The van der Waals surface area contributed by atoms with Gasteiger partial charge in [-0.3, -0.25) is 9.59 Å². The van der Waals surface area contributed by atoms with Gasteiger partial charge in [-0.1, -0.05) is 12.8 Å². The first kappa shape index (κ1) is 27.1. The Morgan fingerprint density at radius 2 is 1.38 bits per heavy atom. The summed E-state index contributed by atoms with van der Waals surface area (Å²) >= 11 is 0. The van der Waals surface area contributed by atoms with Crippen LogP contribution < -0.4 is 0 Å². The molecule has 1 heterocycles. The van der Waals surface area contributed by atoms with E-state index < -0.39 is 0 Å². The number of hydrogen-bond acceptors (Lipinski definition) is 7. The highest BCUT2D eigenvalue weighted by molar-refractivity contribution is 5.73. The van der Waals surface area contributed by atoms with Crippen LogP contribution in [-0.4, -0.2) is 54.4 Å². The van der Waals surface area contributed by atoms with E-state index >= 15 is 0 Å². The van der Waals surface area contributed by atoms with Crippen LogP contribution in [0.5, 0.6) is 0 Å². The SMILES string of the molecule is CC(C)OC(=O)[C@@H]1CCC[C@H](O)C1.CC(C)OC(=O)[C@@H]1CCC[C@H](OC2CCCCO2)C1. The normalized spacial score (nSPS) is 30.9. The van der Waals surface area contributed by atoms with Crippen molar-refractivity contribution in [3.8, 4) is 0 Å². The molecule has 3 fully saturated rings. The molecule has 1 unspecified atom stereocenters. The molecule has 186 valence electrons. The lowest BCUT2D eigenvalue weighted by molar-refractivity contribution is -0.198. The zero-order valence-corrected chi connectivity index (χ0v) is 20.4. The van der Waals surface area contributed by atoms with Crippen LogP contribution in [0.15, 0.2) is 0 Å². The van der Waals surface area contributed by atoms with Gasteiger partial charge in [0.25, 0.3) is 0 Å². The third-order valence-corrected chi connectivity index (χ3v) is 6.13. The molecule has 5 atom stereocenters. The van der Waals surface area contributed by atoms with Crippen molar-refractivity contribution in [2.75, 3.05) is 6.61 Å². The van der Waals surface area contributed by atoms with E-state index in [0.717, 1.165) is 64.4 Å². The van der Waals surface area contributed by atoms with Gasteiger partial charge in [-0.25, -0.2) is 0 Å². The molecule has 1 saturated heterocycles. The second-order valence-corrected chi connectivity index (χ2v) is 9.91. The van der Waals surface area contributed by atoms with Gasteiger partial charge >= 0.3 is 11.9 Å². The predicted octanol–water partition coefficient (Wildman–Crippen LogP) is 4.53. The number of rotatable bonds is 6. The van der Waals surface area contributed by atoms with E-state index in [2.05, 4.69) is 0 Å². The summed E-state index contributed by atoms with van der Waals surface area (Å²) in [7, 11) is 0. The Bertz CT molecular complexity index is 556. The summed E-state index contributed by atoms with van der Waals surface area (Å²) in [4.78, 5) is 23.4. The minimum Gasteiger partial charge on any atom is -0.463 e. The molecule has 2 saturated carbocycles. The molecule has 7 heteroatoms. The molecule has 0 aromatic heterocycles. The van der Waals surface area contributed by atoms with Crippen molar-refractivity contribution in [3.05, 3.63) is 0 Å². The number of aliphatic hydroxyl groups is 1. The lowest BCUT2D eigenvalue weighted by Gasteiger charge is -2.32.